The SMILES string of the molecule is Cc1cc(S(=O)(=O)N2CCN(Cc3nc(-c4ccc([N+](=O)[O-])cc4)no3)CC2)c(C)s1. The fraction of sp³-hybridized carbons (Fsp3) is 0.368. The molecule has 0 atom stereocenters. The predicted molar refractivity (Wildman–Crippen MR) is 114 cm³/mol. The van der Waals surface area contributed by atoms with E-state index in [9.17, 15) is 18.5 Å². The molecule has 0 N–H and O–H groups in total. The first kappa shape index (κ1) is 21.6. The molecule has 1 fully saturated rings. The van der Waals surface area contributed by atoms with E-state index in [1.165, 1.54) is 27.8 Å². The Bertz CT molecular complexity index is 1190. The molecule has 0 bridgehead atoms. The summed E-state index contributed by atoms with van der Waals surface area (Å²) in [6, 6.07) is 7.67. The molecule has 31 heavy (non-hydrogen) atoms. The molecule has 0 unspecified atom stereocenters. The molecule has 1 aliphatic heterocycles. The Labute approximate surface area is 183 Å². The van der Waals surface area contributed by atoms with E-state index in [1.807, 2.05) is 13.8 Å². The second-order valence-corrected chi connectivity index (χ2v) is 10.6. The van der Waals surface area contributed by atoms with Gasteiger partial charge in [-0.25, -0.2) is 8.42 Å². The van der Waals surface area contributed by atoms with E-state index in [0.29, 0.717) is 54.9 Å². The van der Waals surface area contributed by atoms with Crippen molar-refractivity contribution in [2.24, 2.45) is 0 Å². The topological polar surface area (TPSA) is 123 Å². The fourth-order valence-electron chi connectivity index (χ4n) is 3.49. The van der Waals surface area contributed by atoms with E-state index in [1.54, 1.807) is 18.2 Å². The normalized spacial score (nSPS) is 15.9. The van der Waals surface area contributed by atoms with Gasteiger partial charge in [-0.05, 0) is 32.0 Å². The highest BCUT2D eigenvalue weighted by molar-refractivity contribution is 7.89. The van der Waals surface area contributed by atoms with Gasteiger partial charge in [0, 0.05) is 53.6 Å². The summed E-state index contributed by atoms with van der Waals surface area (Å²) in [6.45, 7) is 6.03. The predicted octanol–water partition coefficient (Wildman–Crippen LogP) is 2.83. The zero-order chi connectivity index (χ0) is 22.2. The molecule has 10 nitrogen and oxygen atoms in total. The number of benzene rings is 1. The number of aryl methyl sites for hydroxylation is 2. The van der Waals surface area contributed by atoms with E-state index in [0.717, 1.165) is 9.75 Å². The lowest BCUT2D eigenvalue weighted by atomic mass is 10.2. The number of hydrogen-bond donors (Lipinski definition) is 0. The Morgan fingerprint density at radius 1 is 1.16 bits per heavy atom. The average molecular weight is 464 g/mol. The lowest BCUT2D eigenvalue weighted by Gasteiger charge is -2.33. The summed E-state index contributed by atoms with van der Waals surface area (Å²) in [5.74, 6) is 0.767. The third kappa shape index (κ3) is 4.51. The van der Waals surface area contributed by atoms with Crippen LogP contribution in [-0.2, 0) is 16.6 Å². The van der Waals surface area contributed by atoms with Crippen molar-refractivity contribution < 1.29 is 17.9 Å². The average Bonchev–Trinajstić information content (AvgIpc) is 3.34. The Morgan fingerprint density at radius 2 is 1.84 bits per heavy atom. The number of nitrogens with zero attached hydrogens (tertiary/aromatic N) is 5. The van der Waals surface area contributed by atoms with Crippen molar-refractivity contribution in [1.29, 1.82) is 0 Å². The van der Waals surface area contributed by atoms with Crippen LogP contribution in [-0.4, -0.2) is 58.9 Å². The molecular formula is C19H21N5O5S2. The molecule has 3 heterocycles. The summed E-state index contributed by atoms with van der Waals surface area (Å²) in [7, 11) is -3.49. The summed E-state index contributed by atoms with van der Waals surface area (Å²) in [4.78, 5) is 18.9. The number of piperazine rings is 1. The van der Waals surface area contributed by atoms with Crippen molar-refractivity contribution in [2.45, 2.75) is 25.3 Å². The van der Waals surface area contributed by atoms with Crippen molar-refractivity contribution in [1.82, 2.24) is 19.3 Å². The van der Waals surface area contributed by atoms with Gasteiger partial charge < -0.3 is 4.52 Å². The van der Waals surface area contributed by atoms with Crippen LogP contribution >= 0.6 is 11.3 Å². The van der Waals surface area contributed by atoms with E-state index >= 15 is 0 Å². The van der Waals surface area contributed by atoms with Crippen molar-refractivity contribution in [2.75, 3.05) is 26.2 Å². The monoisotopic (exact) mass is 463 g/mol. The smallest absolute Gasteiger partial charge is 0.269 e. The van der Waals surface area contributed by atoms with Gasteiger partial charge in [0.25, 0.3) is 5.69 Å². The van der Waals surface area contributed by atoms with Gasteiger partial charge in [-0.1, -0.05) is 5.16 Å². The van der Waals surface area contributed by atoms with Crippen molar-refractivity contribution >= 4 is 27.0 Å². The van der Waals surface area contributed by atoms with Crippen molar-refractivity contribution in [3.8, 4) is 11.4 Å². The maximum Gasteiger partial charge on any atom is 0.269 e. The number of nitro groups is 1. The molecule has 4 rings (SSSR count). The van der Waals surface area contributed by atoms with Crippen molar-refractivity contribution in [3.05, 3.63) is 56.1 Å². The number of aromatic nitrogens is 2. The Balaban J connectivity index is 1.37. The number of hydrogen-bond acceptors (Lipinski definition) is 9. The van der Waals surface area contributed by atoms with Gasteiger partial charge in [-0.2, -0.15) is 9.29 Å². The summed E-state index contributed by atoms with van der Waals surface area (Å²) in [6.07, 6.45) is 0. The van der Waals surface area contributed by atoms with Crippen LogP contribution in [0.25, 0.3) is 11.4 Å². The molecule has 0 saturated carbocycles. The van der Waals surface area contributed by atoms with Crippen LogP contribution in [0.15, 0.2) is 39.8 Å². The minimum absolute atomic E-state index is 0.00639. The zero-order valence-corrected chi connectivity index (χ0v) is 18.6. The van der Waals surface area contributed by atoms with Gasteiger partial charge in [0.05, 0.1) is 16.4 Å². The second-order valence-electron chi connectivity index (χ2n) is 7.27. The number of non-ortho nitro benzene ring substituents is 1. The molecule has 3 aromatic rings. The first-order valence-corrected chi connectivity index (χ1v) is 11.9. The molecular weight excluding hydrogens is 442 g/mol. The molecule has 1 aromatic carbocycles. The number of thiophene rings is 1. The third-order valence-electron chi connectivity index (χ3n) is 5.11. The van der Waals surface area contributed by atoms with Gasteiger partial charge in [0.15, 0.2) is 0 Å². The van der Waals surface area contributed by atoms with Crippen LogP contribution in [0.5, 0.6) is 0 Å². The zero-order valence-electron chi connectivity index (χ0n) is 17.0. The van der Waals surface area contributed by atoms with E-state index in [4.69, 9.17) is 4.52 Å². The Morgan fingerprint density at radius 3 is 2.42 bits per heavy atom. The highest BCUT2D eigenvalue weighted by atomic mass is 32.2. The van der Waals surface area contributed by atoms with E-state index in [-0.39, 0.29) is 5.69 Å². The highest BCUT2D eigenvalue weighted by Gasteiger charge is 2.31. The molecule has 0 aliphatic carbocycles. The maximum atomic E-state index is 12.9. The molecule has 12 heteroatoms. The van der Waals surface area contributed by atoms with Crippen LogP contribution in [0.4, 0.5) is 5.69 Å². The van der Waals surface area contributed by atoms with Gasteiger partial charge in [0.2, 0.25) is 21.7 Å². The van der Waals surface area contributed by atoms with Gasteiger partial charge >= 0.3 is 0 Å². The largest absolute Gasteiger partial charge is 0.338 e. The Kier molecular flexibility index (Phi) is 5.88. The van der Waals surface area contributed by atoms with Crippen molar-refractivity contribution in [3.63, 3.8) is 0 Å². The summed E-state index contributed by atoms with van der Waals surface area (Å²) in [5.41, 5.74) is 0.617. The molecule has 0 radical (unpaired) electrons. The lowest BCUT2D eigenvalue weighted by molar-refractivity contribution is -0.384. The van der Waals surface area contributed by atoms with Crippen LogP contribution in [0.1, 0.15) is 15.6 Å². The number of sulfonamides is 1. The minimum Gasteiger partial charge on any atom is -0.338 e. The lowest BCUT2D eigenvalue weighted by Crippen LogP contribution is -2.48. The second kappa shape index (κ2) is 8.46. The Hall–Kier alpha value is -2.67. The molecule has 0 spiro atoms. The maximum absolute atomic E-state index is 12.9. The molecule has 164 valence electrons. The van der Waals surface area contributed by atoms with E-state index < -0.39 is 14.9 Å². The third-order valence-corrected chi connectivity index (χ3v) is 8.23. The van der Waals surface area contributed by atoms with Crippen LogP contribution in [0.2, 0.25) is 0 Å². The van der Waals surface area contributed by atoms with Gasteiger partial charge in [-0.15, -0.1) is 11.3 Å². The summed E-state index contributed by atoms with van der Waals surface area (Å²) >= 11 is 1.49. The van der Waals surface area contributed by atoms with Crippen LogP contribution < -0.4 is 0 Å². The van der Waals surface area contributed by atoms with E-state index in [2.05, 4.69) is 15.0 Å². The molecule has 2 aromatic heterocycles. The first-order valence-electron chi connectivity index (χ1n) is 9.61. The van der Waals surface area contributed by atoms with Crippen LogP contribution in [0.3, 0.4) is 0 Å². The molecule has 1 aliphatic rings. The van der Waals surface area contributed by atoms with Gasteiger partial charge in [-0.3, -0.25) is 15.0 Å². The summed E-state index contributed by atoms with van der Waals surface area (Å²) in [5, 5.41) is 14.7. The molecule has 1 saturated heterocycles. The fourth-order valence-corrected chi connectivity index (χ4v) is 6.44. The number of nitro benzene ring substituents is 1. The highest BCUT2D eigenvalue weighted by Crippen LogP contribution is 2.28. The standard InChI is InChI=1S/C19H21N5O5S2/c1-13-11-17(14(2)30-13)31(27,28)23-9-7-22(8-10-23)12-18-20-19(21-29-18)15-3-5-16(6-4-15)24(25)26/h3-6,11H,7-10,12H2,1-2H3. The molecule has 0 amide bonds. The minimum atomic E-state index is -3.49. The summed E-state index contributed by atoms with van der Waals surface area (Å²) < 4.78 is 32.7. The first-order chi connectivity index (χ1) is 14.7. The van der Waals surface area contributed by atoms with Gasteiger partial charge in [0.1, 0.15) is 0 Å². The van der Waals surface area contributed by atoms with Crippen LogP contribution in [0, 0.1) is 24.0 Å². The quantitative estimate of drug-likeness (QED) is 0.404. The number of rotatable bonds is 6.